The Labute approximate surface area is 138 Å². The van der Waals surface area contributed by atoms with E-state index in [1.165, 1.54) is 0 Å². The lowest BCUT2D eigenvalue weighted by Crippen LogP contribution is -2.63. The average molecular weight is 324 g/mol. The van der Waals surface area contributed by atoms with Crippen molar-refractivity contribution >= 4 is 11.8 Å². The number of rotatable bonds is 4. The van der Waals surface area contributed by atoms with Gasteiger partial charge in [0.15, 0.2) is 0 Å². The van der Waals surface area contributed by atoms with Gasteiger partial charge in [0.1, 0.15) is 5.60 Å². The minimum atomic E-state index is -0.178. The topological polar surface area (TPSA) is 59.1 Å². The van der Waals surface area contributed by atoms with Gasteiger partial charge in [0.2, 0.25) is 11.8 Å². The third-order valence-corrected chi connectivity index (χ3v) is 5.01. The minimum Gasteiger partial charge on any atom is -0.378 e. The summed E-state index contributed by atoms with van der Waals surface area (Å²) in [5, 5.41) is 0. The molecule has 0 N–H and O–H groups in total. The maximum absolute atomic E-state index is 12.3. The lowest BCUT2D eigenvalue weighted by Gasteiger charge is -2.47. The first-order chi connectivity index (χ1) is 11.0. The van der Waals surface area contributed by atoms with Crippen molar-refractivity contribution in [1.29, 1.82) is 0 Å². The third kappa shape index (κ3) is 3.86. The molecule has 23 heavy (non-hydrogen) atoms. The SMILES string of the molecule is CC(C)CC(=O)N1CC2(C[C@H](CC(=O)N3CCOCC3)CO2)C1. The van der Waals surface area contributed by atoms with Crippen molar-refractivity contribution in [3.63, 3.8) is 0 Å². The summed E-state index contributed by atoms with van der Waals surface area (Å²) in [6.45, 7) is 8.85. The molecule has 6 heteroatoms. The van der Waals surface area contributed by atoms with Gasteiger partial charge in [-0.3, -0.25) is 9.59 Å². The van der Waals surface area contributed by atoms with Crippen molar-refractivity contribution < 1.29 is 19.1 Å². The predicted molar refractivity (Wildman–Crippen MR) is 84.8 cm³/mol. The van der Waals surface area contributed by atoms with Crippen molar-refractivity contribution in [1.82, 2.24) is 9.80 Å². The summed E-state index contributed by atoms with van der Waals surface area (Å²) in [5.74, 6) is 1.11. The van der Waals surface area contributed by atoms with Crippen molar-refractivity contribution in [2.24, 2.45) is 11.8 Å². The van der Waals surface area contributed by atoms with E-state index in [0.29, 0.717) is 64.8 Å². The third-order valence-electron chi connectivity index (χ3n) is 5.01. The second-order valence-corrected chi connectivity index (χ2v) is 7.61. The first-order valence-corrected chi connectivity index (χ1v) is 8.75. The maximum Gasteiger partial charge on any atom is 0.223 e. The molecular formula is C17H28N2O4. The first kappa shape index (κ1) is 16.7. The quantitative estimate of drug-likeness (QED) is 0.771. The predicted octanol–water partition coefficient (Wildman–Crippen LogP) is 0.899. The molecule has 3 aliphatic heterocycles. The Morgan fingerprint density at radius 3 is 2.48 bits per heavy atom. The summed E-state index contributed by atoms with van der Waals surface area (Å²) in [6.07, 6.45) is 2.06. The van der Waals surface area contributed by atoms with Crippen molar-refractivity contribution in [3.8, 4) is 0 Å². The first-order valence-electron chi connectivity index (χ1n) is 8.75. The number of morpholine rings is 1. The fourth-order valence-electron chi connectivity index (χ4n) is 3.78. The summed E-state index contributed by atoms with van der Waals surface area (Å²) in [5.41, 5.74) is -0.178. The highest BCUT2D eigenvalue weighted by Gasteiger charge is 2.51. The summed E-state index contributed by atoms with van der Waals surface area (Å²) in [6, 6.07) is 0. The molecule has 0 aromatic heterocycles. The zero-order valence-corrected chi connectivity index (χ0v) is 14.3. The molecule has 0 bridgehead atoms. The minimum absolute atomic E-state index is 0.178. The standard InChI is InChI=1S/C17H28N2O4/c1-13(2)7-15(20)19-11-17(12-19)9-14(10-23-17)8-16(21)18-3-5-22-6-4-18/h13-14H,3-12H2,1-2H3/t14-/m0/s1. The molecule has 130 valence electrons. The zero-order chi connectivity index (χ0) is 16.4. The number of hydrogen-bond donors (Lipinski definition) is 0. The molecule has 0 aromatic rings. The summed E-state index contributed by atoms with van der Waals surface area (Å²) in [4.78, 5) is 28.1. The maximum atomic E-state index is 12.3. The van der Waals surface area contributed by atoms with E-state index in [4.69, 9.17) is 9.47 Å². The van der Waals surface area contributed by atoms with Gasteiger partial charge in [0.25, 0.3) is 0 Å². The van der Waals surface area contributed by atoms with E-state index >= 15 is 0 Å². The highest BCUT2D eigenvalue weighted by molar-refractivity contribution is 5.78. The van der Waals surface area contributed by atoms with Crippen LogP contribution in [-0.4, -0.2) is 73.2 Å². The van der Waals surface area contributed by atoms with Gasteiger partial charge in [-0.1, -0.05) is 13.8 Å². The number of likely N-dealkylation sites (tertiary alicyclic amines) is 1. The van der Waals surface area contributed by atoms with Crippen molar-refractivity contribution in [2.45, 2.75) is 38.7 Å². The van der Waals surface area contributed by atoms with Gasteiger partial charge in [-0.2, -0.15) is 0 Å². The Morgan fingerprint density at radius 2 is 1.83 bits per heavy atom. The van der Waals surface area contributed by atoms with E-state index in [9.17, 15) is 9.59 Å². The fourth-order valence-corrected chi connectivity index (χ4v) is 3.78. The molecule has 2 amide bonds. The number of amides is 2. The smallest absolute Gasteiger partial charge is 0.223 e. The van der Waals surface area contributed by atoms with E-state index in [1.807, 2.05) is 9.80 Å². The van der Waals surface area contributed by atoms with Gasteiger partial charge in [-0.25, -0.2) is 0 Å². The van der Waals surface area contributed by atoms with E-state index < -0.39 is 0 Å². The molecule has 0 radical (unpaired) electrons. The van der Waals surface area contributed by atoms with Crippen LogP contribution in [0.5, 0.6) is 0 Å². The molecule has 1 spiro atoms. The van der Waals surface area contributed by atoms with Gasteiger partial charge in [-0.05, 0) is 18.3 Å². The van der Waals surface area contributed by atoms with Gasteiger partial charge in [0.05, 0.1) is 32.9 Å². The Kier molecular flexibility index (Phi) is 4.92. The number of carbonyl (C=O) groups excluding carboxylic acids is 2. The molecule has 6 nitrogen and oxygen atoms in total. The highest BCUT2D eigenvalue weighted by Crippen LogP contribution is 2.39. The number of nitrogens with zero attached hydrogens (tertiary/aromatic N) is 2. The van der Waals surface area contributed by atoms with Crippen LogP contribution in [0.1, 0.15) is 33.1 Å². The van der Waals surface area contributed by atoms with Crippen LogP contribution in [0.3, 0.4) is 0 Å². The molecular weight excluding hydrogens is 296 g/mol. The van der Waals surface area contributed by atoms with E-state index in [0.717, 1.165) is 6.42 Å². The van der Waals surface area contributed by atoms with E-state index in [-0.39, 0.29) is 23.3 Å². The van der Waals surface area contributed by atoms with Crippen LogP contribution in [0.25, 0.3) is 0 Å². The molecule has 3 rings (SSSR count). The molecule has 3 heterocycles. The summed E-state index contributed by atoms with van der Waals surface area (Å²) in [7, 11) is 0. The van der Waals surface area contributed by atoms with Crippen molar-refractivity contribution in [2.75, 3.05) is 46.0 Å². The molecule has 0 saturated carbocycles. The van der Waals surface area contributed by atoms with Crippen LogP contribution >= 0.6 is 0 Å². The fraction of sp³-hybridized carbons (Fsp3) is 0.882. The summed E-state index contributed by atoms with van der Waals surface area (Å²) >= 11 is 0. The second-order valence-electron chi connectivity index (χ2n) is 7.61. The monoisotopic (exact) mass is 324 g/mol. The average Bonchev–Trinajstić information content (AvgIpc) is 2.90. The Balaban J connectivity index is 1.43. The van der Waals surface area contributed by atoms with E-state index in [2.05, 4.69) is 13.8 Å². The van der Waals surface area contributed by atoms with Gasteiger partial charge in [-0.15, -0.1) is 0 Å². The van der Waals surface area contributed by atoms with Crippen LogP contribution in [0.2, 0.25) is 0 Å². The van der Waals surface area contributed by atoms with Gasteiger partial charge >= 0.3 is 0 Å². The van der Waals surface area contributed by atoms with Crippen LogP contribution in [0.4, 0.5) is 0 Å². The molecule has 1 atom stereocenters. The number of hydrogen-bond acceptors (Lipinski definition) is 4. The largest absolute Gasteiger partial charge is 0.378 e. The number of ether oxygens (including phenoxy) is 2. The van der Waals surface area contributed by atoms with Crippen LogP contribution in [0.15, 0.2) is 0 Å². The molecule has 3 fully saturated rings. The van der Waals surface area contributed by atoms with Crippen LogP contribution in [-0.2, 0) is 19.1 Å². The van der Waals surface area contributed by atoms with E-state index in [1.54, 1.807) is 0 Å². The normalized spacial score (nSPS) is 26.7. The molecule has 0 aliphatic carbocycles. The lowest BCUT2D eigenvalue weighted by atomic mass is 9.85. The van der Waals surface area contributed by atoms with Gasteiger partial charge in [0, 0.05) is 25.9 Å². The molecule has 0 aromatic carbocycles. The number of carbonyl (C=O) groups is 2. The lowest BCUT2D eigenvalue weighted by molar-refractivity contribution is -0.158. The molecule has 3 aliphatic rings. The van der Waals surface area contributed by atoms with Crippen LogP contribution < -0.4 is 0 Å². The van der Waals surface area contributed by atoms with Crippen LogP contribution in [0, 0.1) is 11.8 Å². The van der Waals surface area contributed by atoms with Crippen molar-refractivity contribution in [3.05, 3.63) is 0 Å². The molecule has 3 saturated heterocycles. The van der Waals surface area contributed by atoms with Gasteiger partial charge < -0.3 is 19.3 Å². The Morgan fingerprint density at radius 1 is 1.13 bits per heavy atom. The summed E-state index contributed by atoms with van der Waals surface area (Å²) < 4.78 is 11.3. The molecule has 0 unspecified atom stereocenters. The zero-order valence-electron chi connectivity index (χ0n) is 14.3. The second kappa shape index (κ2) is 6.77. The Hall–Kier alpha value is -1.14. The highest BCUT2D eigenvalue weighted by atomic mass is 16.5. The Bertz CT molecular complexity index is 454.